The molecule has 0 saturated heterocycles. The lowest BCUT2D eigenvalue weighted by Crippen LogP contribution is -2.22. The van der Waals surface area contributed by atoms with Crippen molar-refractivity contribution in [1.29, 1.82) is 0 Å². The average molecular weight is 223 g/mol. The molecule has 0 aliphatic carbocycles. The Morgan fingerprint density at radius 3 is 2.60 bits per heavy atom. The van der Waals surface area contributed by atoms with E-state index < -0.39 is 0 Å². The summed E-state index contributed by atoms with van der Waals surface area (Å²) < 4.78 is 0. The van der Waals surface area contributed by atoms with Crippen molar-refractivity contribution in [2.75, 3.05) is 12.3 Å². The molecule has 2 nitrogen and oxygen atoms in total. The van der Waals surface area contributed by atoms with Crippen LogP contribution in [-0.2, 0) is 10.5 Å². The van der Waals surface area contributed by atoms with Gasteiger partial charge in [0.25, 0.3) is 0 Å². The number of benzene rings is 1. The Balaban J connectivity index is 2.15. The smallest absolute Gasteiger partial charge is 0.216 e. The Morgan fingerprint density at radius 2 is 2.00 bits per heavy atom. The van der Waals surface area contributed by atoms with Crippen molar-refractivity contribution in [2.45, 2.75) is 19.6 Å². The third-order valence-electron chi connectivity index (χ3n) is 2.01. The molecule has 0 aromatic heterocycles. The van der Waals surface area contributed by atoms with Gasteiger partial charge in [-0.2, -0.15) is 11.8 Å². The molecule has 0 fully saturated rings. The molecule has 1 N–H and O–H groups in total. The van der Waals surface area contributed by atoms with Crippen LogP contribution < -0.4 is 5.32 Å². The molecule has 3 heteroatoms. The summed E-state index contributed by atoms with van der Waals surface area (Å²) in [7, 11) is 0. The molecule has 0 unspecified atom stereocenters. The molecule has 1 rings (SSSR count). The van der Waals surface area contributed by atoms with Crippen LogP contribution in [0.5, 0.6) is 0 Å². The van der Waals surface area contributed by atoms with Crippen molar-refractivity contribution >= 4 is 17.7 Å². The van der Waals surface area contributed by atoms with Gasteiger partial charge in [-0.1, -0.05) is 29.8 Å². The van der Waals surface area contributed by atoms with E-state index in [-0.39, 0.29) is 5.91 Å². The number of hydrogen-bond donors (Lipinski definition) is 1. The molecule has 0 spiro atoms. The summed E-state index contributed by atoms with van der Waals surface area (Å²) in [6.07, 6.45) is 0. The fourth-order valence-electron chi connectivity index (χ4n) is 1.17. The van der Waals surface area contributed by atoms with Crippen molar-refractivity contribution in [3.8, 4) is 0 Å². The van der Waals surface area contributed by atoms with Gasteiger partial charge in [0.05, 0.1) is 0 Å². The standard InChI is InChI=1S/C12H17NOS/c1-10-3-5-12(6-4-10)9-15-8-7-13-11(2)14/h3-6H,7-9H2,1-2H3,(H,13,14). The molecule has 1 aromatic rings. The van der Waals surface area contributed by atoms with Gasteiger partial charge in [-0.3, -0.25) is 4.79 Å². The summed E-state index contributed by atoms with van der Waals surface area (Å²) in [6.45, 7) is 4.39. The van der Waals surface area contributed by atoms with Crippen LogP contribution >= 0.6 is 11.8 Å². The number of carbonyl (C=O) groups is 1. The van der Waals surface area contributed by atoms with Gasteiger partial charge in [-0.05, 0) is 12.5 Å². The third kappa shape index (κ3) is 5.47. The zero-order chi connectivity index (χ0) is 11.1. The van der Waals surface area contributed by atoms with Gasteiger partial charge in [0.15, 0.2) is 0 Å². The number of nitrogens with one attached hydrogen (secondary N) is 1. The molecule has 0 heterocycles. The van der Waals surface area contributed by atoms with E-state index in [1.165, 1.54) is 11.1 Å². The van der Waals surface area contributed by atoms with Crippen molar-refractivity contribution in [2.24, 2.45) is 0 Å². The molecule has 0 radical (unpaired) electrons. The van der Waals surface area contributed by atoms with Gasteiger partial charge in [-0.25, -0.2) is 0 Å². The van der Waals surface area contributed by atoms with E-state index in [0.717, 1.165) is 18.1 Å². The molecule has 15 heavy (non-hydrogen) atoms. The Kier molecular flexibility index (Phi) is 5.26. The van der Waals surface area contributed by atoms with Crippen LogP contribution in [0.4, 0.5) is 0 Å². The third-order valence-corrected chi connectivity index (χ3v) is 3.04. The number of carbonyl (C=O) groups excluding carboxylic acids is 1. The van der Waals surface area contributed by atoms with Gasteiger partial charge < -0.3 is 5.32 Å². The van der Waals surface area contributed by atoms with Gasteiger partial charge in [0, 0.05) is 25.0 Å². The maximum atomic E-state index is 10.6. The first kappa shape index (κ1) is 12.1. The molecule has 0 saturated carbocycles. The van der Waals surface area contributed by atoms with Crippen molar-refractivity contribution < 1.29 is 4.79 Å². The fourth-order valence-corrected chi connectivity index (χ4v) is 1.99. The van der Waals surface area contributed by atoms with E-state index in [1.54, 1.807) is 6.92 Å². The van der Waals surface area contributed by atoms with Crippen LogP contribution in [0, 0.1) is 6.92 Å². The molecule has 1 aromatic carbocycles. The normalized spacial score (nSPS) is 10.0. The molecule has 0 aliphatic rings. The van der Waals surface area contributed by atoms with Gasteiger partial charge >= 0.3 is 0 Å². The fraction of sp³-hybridized carbons (Fsp3) is 0.417. The first-order chi connectivity index (χ1) is 7.18. The second kappa shape index (κ2) is 6.51. The highest BCUT2D eigenvalue weighted by Crippen LogP contribution is 2.12. The molecular formula is C12H17NOS. The summed E-state index contributed by atoms with van der Waals surface area (Å²) in [4.78, 5) is 10.6. The van der Waals surface area contributed by atoms with Crippen LogP contribution in [-0.4, -0.2) is 18.2 Å². The zero-order valence-electron chi connectivity index (χ0n) is 9.25. The van der Waals surface area contributed by atoms with Gasteiger partial charge in [-0.15, -0.1) is 0 Å². The van der Waals surface area contributed by atoms with E-state index in [1.807, 2.05) is 11.8 Å². The van der Waals surface area contributed by atoms with Crippen LogP contribution in [0.3, 0.4) is 0 Å². The maximum Gasteiger partial charge on any atom is 0.216 e. The Bertz CT molecular complexity index is 308. The van der Waals surface area contributed by atoms with E-state index in [0.29, 0.717) is 0 Å². The Morgan fingerprint density at radius 1 is 1.33 bits per heavy atom. The molecule has 0 atom stereocenters. The van der Waals surface area contributed by atoms with E-state index in [4.69, 9.17) is 0 Å². The molecule has 0 aliphatic heterocycles. The monoisotopic (exact) mass is 223 g/mol. The molecule has 82 valence electrons. The minimum Gasteiger partial charge on any atom is -0.356 e. The SMILES string of the molecule is CC(=O)NCCSCc1ccc(C)cc1. The van der Waals surface area contributed by atoms with E-state index in [9.17, 15) is 4.79 Å². The Hall–Kier alpha value is -0.960. The first-order valence-corrected chi connectivity index (χ1v) is 6.21. The van der Waals surface area contributed by atoms with Crippen LogP contribution in [0.25, 0.3) is 0 Å². The minimum absolute atomic E-state index is 0.0472. The summed E-state index contributed by atoms with van der Waals surface area (Å²) in [5.41, 5.74) is 2.63. The highest BCUT2D eigenvalue weighted by atomic mass is 32.2. The number of hydrogen-bond acceptors (Lipinski definition) is 2. The minimum atomic E-state index is 0.0472. The lowest BCUT2D eigenvalue weighted by Gasteiger charge is -2.03. The zero-order valence-corrected chi connectivity index (χ0v) is 10.1. The largest absolute Gasteiger partial charge is 0.356 e. The second-order valence-electron chi connectivity index (χ2n) is 3.52. The highest BCUT2D eigenvalue weighted by molar-refractivity contribution is 7.98. The van der Waals surface area contributed by atoms with Crippen molar-refractivity contribution in [3.63, 3.8) is 0 Å². The first-order valence-electron chi connectivity index (χ1n) is 5.06. The molecule has 0 bridgehead atoms. The summed E-state index contributed by atoms with van der Waals surface area (Å²) in [6, 6.07) is 8.56. The molecular weight excluding hydrogens is 206 g/mol. The van der Waals surface area contributed by atoms with Crippen molar-refractivity contribution in [3.05, 3.63) is 35.4 Å². The maximum absolute atomic E-state index is 10.6. The van der Waals surface area contributed by atoms with Crippen molar-refractivity contribution in [1.82, 2.24) is 5.32 Å². The number of rotatable bonds is 5. The lowest BCUT2D eigenvalue weighted by molar-refractivity contribution is -0.118. The number of aryl methyl sites for hydroxylation is 1. The Labute approximate surface area is 95.5 Å². The average Bonchev–Trinajstić information content (AvgIpc) is 2.20. The second-order valence-corrected chi connectivity index (χ2v) is 4.63. The van der Waals surface area contributed by atoms with Gasteiger partial charge in [0.2, 0.25) is 5.91 Å². The lowest BCUT2D eigenvalue weighted by atomic mass is 10.2. The summed E-state index contributed by atoms with van der Waals surface area (Å²) in [5.74, 6) is 2.03. The number of thioether (sulfide) groups is 1. The predicted molar refractivity (Wildman–Crippen MR) is 66.0 cm³/mol. The van der Waals surface area contributed by atoms with Crippen LogP contribution in [0.2, 0.25) is 0 Å². The van der Waals surface area contributed by atoms with E-state index >= 15 is 0 Å². The number of amides is 1. The predicted octanol–water partition coefficient (Wildman–Crippen LogP) is 2.36. The summed E-state index contributed by atoms with van der Waals surface area (Å²) >= 11 is 1.84. The van der Waals surface area contributed by atoms with Gasteiger partial charge in [0.1, 0.15) is 0 Å². The highest BCUT2D eigenvalue weighted by Gasteiger charge is 1.94. The van der Waals surface area contributed by atoms with E-state index in [2.05, 4.69) is 36.5 Å². The van der Waals surface area contributed by atoms with Crippen LogP contribution in [0.1, 0.15) is 18.1 Å². The quantitative estimate of drug-likeness (QED) is 0.776. The molecule has 1 amide bonds. The van der Waals surface area contributed by atoms with Crippen LogP contribution in [0.15, 0.2) is 24.3 Å². The topological polar surface area (TPSA) is 29.1 Å². The summed E-state index contributed by atoms with van der Waals surface area (Å²) in [5, 5.41) is 2.78.